The van der Waals surface area contributed by atoms with E-state index in [0.717, 1.165) is 4.88 Å². The van der Waals surface area contributed by atoms with Crippen molar-refractivity contribution in [2.24, 2.45) is 0 Å². The molecule has 0 aliphatic carbocycles. The summed E-state index contributed by atoms with van der Waals surface area (Å²) < 4.78 is 10.9. The lowest BCUT2D eigenvalue weighted by molar-refractivity contribution is -0.147. The van der Waals surface area contributed by atoms with Crippen LogP contribution in [-0.4, -0.2) is 39.7 Å². The van der Waals surface area contributed by atoms with E-state index in [1.165, 1.54) is 11.3 Å². The number of nitrogens with zero attached hydrogens (tertiary/aromatic N) is 5. The molecule has 0 saturated carbocycles. The molecular formula is C15H15N5O3S. The maximum Gasteiger partial charge on any atom is 0.326 e. The fourth-order valence-corrected chi connectivity index (χ4v) is 2.58. The Morgan fingerprint density at radius 3 is 2.83 bits per heavy atom. The van der Waals surface area contributed by atoms with Gasteiger partial charge < -0.3 is 14.1 Å². The van der Waals surface area contributed by atoms with Gasteiger partial charge in [-0.05, 0) is 24.4 Å². The molecule has 0 aliphatic rings. The highest BCUT2D eigenvalue weighted by molar-refractivity contribution is 7.13. The van der Waals surface area contributed by atoms with Crippen molar-refractivity contribution < 1.29 is 13.9 Å². The number of likely N-dealkylation sites (N-methyl/N-ethyl adjacent to an activating group) is 1. The molecule has 3 aromatic heterocycles. The summed E-state index contributed by atoms with van der Waals surface area (Å²) in [6.45, 7) is 1.70. The quantitative estimate of drug-likeness (QED) is 0.628. The first kappa shape index (κ1) is 16.1. The van der Waals surface area contributed by atoms with Gasteiger partial charge in [0.05, 0.1) is 4.88 Å². The molecule has 0 spiro atoms. The van der Waals surface area contributed by atoms with Crippen molar-refractivity contribution in [3.63, 3.8) is 0 Å². The van der Waals surface area contributed by atoms with Crippen molar-refractivity contribution in [2.45, 2.75) is 13.0 Å². The maximum atomic E-state index is 12.0. The van der Waals surface area contributed by atoms with E-state index >= 15 is 0 Å². The summed E-state index contributed by atoms with van der Waals surface area (Å²) in [4.78, 5) is 22.6. The first-order valence-electron chi connectivity index (χ1n) is 7.18. The fourth-order valence-electron chi connectivity index (χ4n) is 1.94. The zero-order chi connectivity index (χ0) is 16.9. The fraction of sp³-hybridized carbons (Fsp3) is 0.267. The van der Waals surface area contributed by atoms with E-state index < -0.39 is 12.1 Å². The minimum atomic E-state index is -0.635. The third-order valence-electron chi connectivity index (χ3n) is 3.09. The van der Waals surface area contributed by atoms with E-state index in [9.17, 15) is 4.79 Å². The zero-order valence-corrected chi connectivity index (χ0v) is 13.9. The van der Waals surface area contributed by atoms with Crippen molar-refractivity contribution in [2.75, 3.05) is 18.5 Å². The molecule has 0 fully saturated rings. The van der Waals surface area contributed by atoms with Crippen molar-refractivity contribution >= 4 is 23.3 Å². The van der Waals surface area contributed by atoms with Crippen molar-refractivity contribution in [3.05, 3.63) is 41.9 Å². The van der Waals surface area contributed by atoms with Crippen molar-refractivity contribution in [1.29, 1.82) is 0 Å². The Bertz CT molecular complexity index is 791. The molecule has 3 aromatic rings. The highest BCUT2D eigenvalue weighted by atomic mass is 32.1. The molecular weight excluding hydrogens is 330 g/mol. The molecule has 3 rings (SSSR count). The van der Waals surface area contributed by atoms with Crippen LogP contribution in [0.2, 0.25) is 0 Å². The molecule has 9 heteroatoms. The molecule has 24 heavy (non-hydrogen) atoms. The predicted molar refractivity (Wildman–Crippen MR) is 87.4 cm³/mol. The highest BCUT2D eigenvalue weighted by Gasteiger charge is 2.20. The van der Waals surface area contributed by atoms with Crippen LogP contribution in [0.25, 0.3) is 10.8 Å². The summed E-state index contributed by atoms with van der Waals surface area (Å²) in [5, 5.41) is 9.83. The van der Waals surface area contributed by atoms with Gasteiger partial charge in [0.2, 0.25) is 5.95 Å². The SMILES string of the molecule is C[C@H](OC(=O)CN(C)c1ncccn1)c1nnc(-c2cccs2)o1. The van der Waals surface area contributed by atoms with E-state index in [1.807, 2.05) is 17.5 Å². The Hall–Kier alpha value is -2.81. The van der Waals surface area contributed by atoms with Gasteiger partial charge in [-0.25, -0.2) is 9.97 Å². The second kappa shape index (κ2) is 7.18. The standard InChI is InChI=1S/C15H15N5O3S/c1-10(13-18-19-14(23-13)11-5-3-8-24-11)22-12(21)9-20(2)15-16-6-4-7-17-15/h3-8,10H,9H2,1-2H3/t10-/m0/s1. The van der Waals surface area contributed by atoms with Crippen LogP contribution >= 0.6 is 11.3 Å². The van der Waals surface area contributed by atoms with E-state index in [1.54, 1.807) is 37.3 Å². The van der Waals surface area contributed by atoms with Gasteiger partial charge >= 0.3 is 5.97 Å². The summed E-state index contributed by atoms with van der Waals surface area (Å²) >= 11 is 1.50. The lowest BCUT2D eigenvalue weighted by Crippen LogP contribution is -2.29. The van der Waals surface area contributed by atoms with Gasteiger partial charge in [-0.3, -0.25) is 4.79 Å². The Kier molecular flexibility index (Phi) is 4.80. The maximum absolute atomic E-state index is 12.0. The topological polar surface area (TPSA) is 94.2 Å². The summed E-state index contributed by atoms with van der Waals surface area (Å²) in [7, 11) is 1.71. The number of anilines is 1. The summed E-state index contributed by atoms with van der Waals surface area (Å²) in [6.07, 6.45) is 2.58. The highest BCUT2D eigenvalue weighted by Crippen LogP contribution is 2.25. The monoisotopic (exact) mass is 345 g/mol. The smallest absolute Gasteiger partial charge is 0.326 e. The first-order chi connectivity index (χ1) is 11.6. The molecule has 0 N–H and O–H groups in total. The van der Waals surface area contributed by atoms with Gasteiger partial charge in [0.25, 0.3) is 11.8 Å². The van der Waals surface area contributed by atoms with E-state index in [4.69, 9.17) is 9.15 Å². The minimum absolute atomic E-state index is 0.0142. The molecule has 0 saturated heterocycles. The van der Waals surface area contributed by atoms with Crippen LogP contribution in [0.5, 0.6) is 0 Å². The largest absolute Gasteiger partial charge is 0.451 e. The lowest BCUT2D eigenvalue weighted by atomic mass is 10.4. The Balaban J connectivity index is 1.58. The average molecular weight is 345 g/mol. The first-order valence-corrected chi connectivity index (χ1v) is 8.06. The second-order valence-electron chi connectivity index (χ2n) is 4.96. The van der Waals surface area contributed by atoms with Gasteiger partial charge in [-0.1, -0.05) is 6.07 Å². The van der Waals surface area contributed by atoms with Crippen LogP contribution in [0.1, 0.15) is 18.9 Å². The number of hydrogen-bond donors (Lipinski definition) is 0. The summed E-state index contributed by atoms with van der Waals surface area (Å²) in [5.74, 6) is 0.677. The Morgan fingerprint density at radius 2 is 2.12 bits per heavy atom. The number of hydrogen-bond acceptors (Lipinski definition) is 9. The number of ether oxygens (including phenoxy) is 1. The average Bonchev–Trinajstić information content (AvgIpc) is 3.26. The summed E-state index contributed by atoms with van der Waals surface area (Å²) in [6, 6.07) is 5.49. The molecule has 0 aliphatic heterocycles. The van der Waals surface area contributed by atoms with Gasteiger partial charge in [0, 0.05) is 19.4 Å². The predicted octanol–water partition coefficient (Wildman–Crippen LogP) is 2.33. The van der Waals surface area contributed by atoms with E-state index in [0.29, 0.717) is 11.8 Å². The molecule has 0 amide bonds. The second-order valence-corrected chi connectivity index (χ2v) is 5.91. The van der Waals surface area contributed by atoms with Gasteiger partial charge in [-0.2, -0.15) is 0 Å². The van der Waals surface area contributed by atoms with Gasteiger partial charge in [0.15, 0.2) is 6.10 Å². The Labute approximate surface area is 142 Å². The van der Waals surface area contributed by atoms with Crippen LogP contribution in [-0.2, 0) is 9.53 Å². The van der Waals surface area contributed by atoms with E-state index in [-0.39, 0.29) is 12.4 Å². The molecule has 1 atom stereocenters. The molecule has 0 radical (unpaired) electrons. The van der Waals surface area contributed by atoms with Crippen LogP contribution < -0.4 is 4.90 Å². The molecule has 3 heterocycles. The molecule has 0 unspecified atom stereocenters. The number of carbonyl (C=O) groups excluding carboxylic acids is 1. The molecule has 0 bridgehead atoms. The number of aromatic nitrogens is 4. The van der Waals surface area contributed by atoms with E-state index in [2.05, 4.69) is 20.2 Å². The zero-order valence-electron chi connectivity index (χ0n) is 13.1. The van der Waals surface area contributed by atoms with Gasteiger partial charge in [-0.15, -0.1) is 21.5 Å². The van der Waals surface area contributed by atoms with Crippen LogP contribution in [0.3, 0.4) is 0 Å². The summed E-state index contributed by atoms with van der Waals surface area (Å²) in [5.41, 5.74) is 0. The molecule has 124 valence electrons. The van der Waals surface area contributed by atoms with Gasteiger partial charge in [0.1, 0.15) is 6.54 Å². The van der Waals surface area contributed by atoms with Crippen LogP contribution in [0.4, 0.5) is 5.95 Å². The minimum Gasteiger partial charge on any atom is -0.451 e. The molecule has 8 nitrogen and oxygen atoms in total. The van der Waals surface area contributed by atoms with Crippen LogP contribution in [0, 0.1) is 0 Å². The third-order valence-corrected chi connectivity index (χ3v) is 3.95. The number of thiophene rings is 1. The molecule has 0 aromatic carbocycles. The third kappa shape index (κ3) is 3.74. The van der Waals surface area contributed by atoms with Crippen molar-refractivity contribution in [3.8, 4) is 10.8 Å². The Morgan fingerprint density at radius 1 is 1.33 bits per heavy atom. The number of rotatable bonds is 6. The normalized spacial score (nSPS) is 11.9. The number of carbonyl (C=O) groups is 1. The number of esters is 1. The van der Waals surface area contributed by atoms with Crippen molar-refractivity contribution in [1.82, 2.24) is 20.2 Å². The lowest BCUT2D eigenvalue weighted by Gasteiger charge is -2.16. The van der Waals surface area contributed by atoms with Crippen LogP contribution in [0.15, 0.2) is 40.4 Å².